The number of hydrogen-bond donors (Lipinski definition) is 2. The van der Waals surface area contributed by atoms with Gasteiger partial charge in [0, 0.05) is 31.6 Å². The highest BCUT2D eigenvalue weighted by Gasteiger charge is 2.15. The van der Waals surface area contributed by atoms with Crippen LogP contribution in [0.5, 0.6) is 0 Å². The van der Waals surface area contributed by atoms with E-state index in [9.17, 15) is 0 Å². The van der Waals surface area contributed by atoms with Crippen LogP contribution in [0.25, 0.3) is 10.9 Å². The quantitative estimate of drug-likeness (QED) is 0.754. The number of rotatable bonds is 1. The molecule has 1 aromatic carbocycles. The van der Waals surface area contributed by atoms with E-state index in [1.165, 1.54) is 10.9 Å². The van der Waals surface area contributed by atoms with Crippen molar-refractivity contribution in [3.05, 3.63) is 23.8 Å². The number of piperazine rings is 1. The molecule has 3 rings (SSSR count). The normalized spacial score (nSPS) is 16.9. The zero-order valence-electron chi connectivity index (χ0n) is 9.45. The molecule has 2 heterocycles. The third-order valence-electron chi connectivity index (χ3n) is 3.11. The van der Waals surface area contributed by atoms with Crippen LogP contribution in [-0.2, 0) is 0 Å². The summed E-state index contributed by atoms with van der Waals surface area (Å²) < 4.78 is 0. The predicted octanol–water partition coefficient (Wildman–Crippen LogP) is 1.28. The average Bonchev–Trinajstić information content (AvgIpc) is 2.73. The van der Waals surface area contributed by atoms with Crippen molar-refractivity contribution >= 4 is 16.7 Å². The number of aryl methyl sites for hydroxylation is 1. The summed E-state index contributed by atoms with van der Waals surface area (Å²) in [5.74, 6) is 1.10. The summed E-state index contributed by atoms with van der Waals surface area (Å²) in [5.41, 5.74) is 2.41. The summed E-state index contributed by atoms with van der Waals surface area (Å²) in [4.78, 5) is 2.34. The van der Waals surface area contributed by atoms with Gasteiger partial charge < -0.3 is 10.2 Å². The van der Waals surface area contributed by atoms with Gasteiger partial charge in [0.2, 0.25) is 0 Å². The van der Waals surface area contributed by atoms with Gasteiger partial charge in [0.1, 0.15) is 0 Å². The van der Waals surface area contributed by atoms with Crippen LogP contribution >= 0.6 is 0 Å². The molecule has 0 bridgehead atoms. The lowest BCUT2D eigenvalue weighted by Crippen LogP contribution is -2.43. The second-order valence-electron chi connectivity index (χ2n) is 4.33. The van der Waals surface area contributed by atoms with Gasteiger partial charge in [0.25, 0.3) is 0 Å². The molecule has 4 heteroatoms. The second kappa shape index (κ2) is 3.79. The lowest BCUT2D eigenvalue weighted by molar-refractivity contribution is 0.585. The number of benzene rings is 1. The minimum absolute atomic E-state index is 1.04. The van der Waals surface area contributed by atoms with E-state index in [1.54, 1.807) is 0 Å². The van der Waals surface area contributed by atoms with Gasteiger partial charge in [0.05, 0.1) is 5.52 Å². The van der Waals surface area contributed by atoms with Crippen LogP contribution in [0, 0.1) is 6.92 Å². The third kappa shape index (κ3) is 1.55. The minimum Gasteiger partial charge on any atom is -0.352 e. The molecule has 0 unspecified atom stereocenters. The monoisotopic (exact) mass is 216 g/mol. The molecule has 0 aliphatic carbocycles. The first kappa shape index (κ1) is 9.66. The van der Waals surface area contributed by atoms with Crippen molar-refractivity contribution in [1.82, 2.24) is 15.5 Å². The van der Waals surface area contributed by atoms with E-state index >= 15 is 0 Å². The Morgan fingerprint density at radius 2 is 2.06 bits per heavy atom. The van der Waals surface area contributed by atoms with E-state index in [0.717, 1.165) is 37.5 Å². The number of aromatic nitrogens is 2. The molecule has 1 fully saturated rings. The van der Waals surface area contributed by atoms with Crippen molar-refractivity contribution in [3.63, 3.8) is 0 Å². The van der Waals surface area contributed by atoms with Gasteiger partial charge in [0.15, 0.2) is 5.82 Å². The van der Waals surface area contributed by atoms with Gasteiger partial charge in [-0.25, -0.2) is 0 Å². The molecule has 16 heavy (non-hydrogen) atoms. The van der Waals surface area contributed by atoms with E-state index in [4.69, 9.17) is 0 Å². The first-order valence-electron chi connectivity index (χ1n) is 5.75. The topological polar surface area (TPSA) is 44.0 Å². The molecule has 0 radical (unpaired) electrons. The van der Waals surface area contributed by atoms with Crippen LogP contribution in [-0.4, -0.2) is 36.4 Å². The molecule has 84 valence electrons. The fourth-order valence-electron chi connectivity index (χ4n) is 2.23. The zero-order chi connectivity index (χ0) is 11.0. The van der Waals surface area contributed by atoms with Crippen molar-refractivity contribution in [2.75, 3.05) is 31.1 Å². The van der Waals surface area contributed by atoms with Crippen LogP contribution in [0.15, 0.2) is 18.2 Å². The number of aromatic amines is 1. The first-order chi connectivity index (χ1) is 7.84. The van der Waals surface area contributed by atoms with Gasteiger partial charge in [-0.1, -0.05) is 11.6 Å². The SMILES string of the molecule is Cc1ccc2[nH]nc(N3CCNCC3)c2c1. The molecule has 1 aromatic heterocycles. The summed E-state index contributed by atoms with van der Waals surface area (Å²) in [6.45, 7) is 6.27. The molecule has 1 aliphatic heterocycles. The Hall–Kier alpha value is -1.55. The van der Waals surface area contributed by atoms with E-state index in [-0.39, 0.29) is 0 Å². The largest absolute Gasteiger partial charge is 0.352 e. The molecule has 0 amide bonds. The van der Waals surface area contributed by atoms with Crippen LogP contribution in [0.3, 0.4) is 0 Å². The maximum atomic E-state index is 4.43. The molecule has 1 aliphatic rings. The fourth-order valence-corrected chi connectivity index (χ4v) is 2.23. The highest BCUT2D eigenvalue weighted by atomic mass is 15.3. The molecule has 0 saturated carbocycles. The summed E-state index contributed by atoms with van der Waals surface area (Å²) >= 11 is 0. The number of H-pyrrole nitrogens is 1. The Morgan fingerprint density at radius 3 is 2.88 bits per heavy atom. The lowest BCUT2D eigenvalue weighted by atomic mass is 10.1. The van der Waals surface area contributed by atoms with Gasteiger partial charge in [-0.15, -0.1) is 0 Å². The number of nitrogens with one attached hydrogen (secondary N) is 2. The van der Waals surface area contributed by atoms with Crippen molar-refractivity contribution in [1.29, 1.82) is 0 Å². The van der Waals surface area contributed by atoms with Crippen LogP contribution in [0.2, 0.25) is 0 Å². The smallest absolute Gasteiger partial charge is 0.158 e. The van der Waals surface area contributed by atoms with Gasteiger partial charge in [-0.2, -0.15) is 5.10 Å². The Morgan fingerprint density at radius 1 is 1.25 bits per heavy atom. The van der Waals surface area contributed by atoms with Crippen molar-refractivity contribution < 1.29 is 0 Å². The molecule has 2 aromatic rings. The predicted molar refractivity (Wildman–Crippen MR) is 65.9 cm³/mol. The van der Waals surface area contributed by atoms with Crippen molar-refractivity contribution in [2.45, 2.75) is 6.92 Å². The fraction of sp³-hybridized carbons (Fsp3) is 0.417. The highest BCUT2D eigenvalue weighted by molar-refractivity contribution is 5.90. The number of hydrogen-bond acceptors (Lipinski definition) is 3. The van der Waals surface area contributed by atoms with Crippen molar-refractivity contribution in [2.24, 2.45) is 0 Å². The lowest BCUT2D eigenvalue weighted by Gasteiger charge is -2.27. The third-order valence-corrected chi connectivity index (χ3v) is 3.11. The summed E-state index contributed by atoms with van der Waals surface area (Å²) in [5, 5.41) is 12.1. The highest BCUT2D eigenvalue weighted by Crippen LogP contribution is 2.24. The summed E-state index contributed by atoms with van der Waals surface area (Å²) in [7, 11) is 0. The number of anilines is 1. The summed E-state index contributed by atoms with van der Waals surface area (Å²) in [6.07, 6.45) is 0. The van der Waals surface area contributed by atoms with E-state index in [1.807, 2.05) is 0 Å². The van der Waals surface area contributed by atoms with Gasteiger partial charge in [-0.05, 0) is 19.1 Å². The van der Waals surface area contributed by atoms with Crippen molar-refractivity contribution in [3.8, 4) is 0 Å². The molecule has 0 spiro atoms. The Kier molecular flexibility index (Phi) is 2.29. The maximum Gasteiger partial charge on any atom is 0.158 e. The molecular weight excluding hydrogens is 200 g/mol. The number of nitrogens with zero attached hydrogens (tertiary/aromatic N) is 2. The average molecular weight is 216 g/mol. The van der Waals surface area contributed by atoms with E-state index in [0.29, 0.717) is 0 Å². The van der Waals surface area contributed by atoms with Crippen LogP contribution in [0.4, 0.5) is 5.82 Å². The second-order valence-corrected chi connectivity index (χ2v) is 4.33. The van der Waals surface area contributed by atoms with E-state index in [2.05, 4.69) is 45.5 Å². The molecule has 4 nitrogen and oxygen atoms in total. The standard InChI is InChI=1S/C12H16N4/c1-9-2-3-11-10(8-9)12(15-14-11)16-6-4-13-5-7-16/h2-3,8,13H,4-7H2,1H3,(H,14,15). The summed E-state index contributed by atoms with van der Waals surface area (Å²) in [6, 6.07) is 6.42. The molecular formula is C12H16N4. The number of fused-ring (bicyclic) bond motifs is 1. The van der Waals surface area contributed by atoms with E-state index < -0.39 is 0 Å². The minimum atomic E-state index is 1.04. The Labute approximate surface area is 94.6 Å². The van der Waals surface area contributed by atoms with Crippen LogP contribution in [0.1, 0.15) is 5.56 Å². The Bertz CT molecular complexity index is 497. The zero-order valence-corrected chi connectivity index (χ0v) is 9.45. The molecule has 1 saturated heterocycles. The molecule has 0 atom stereocenters. The van der Waals surface area contributed by atoms with Gasteiger partial charge >= 0.3 is 0 Å². The van der Waals surface area contributed by atoms with Crippen LogP contribution < -0.4 is 10.2 Å². The van der Waals surface area contributed by atoms with Gasteiger partial charge in [-0.3, -0.25) is 5.10 Å². The molecule has 2 N–H and O–H groups in total. The Balaban J connectivity index is 2.05. The first-order valence-corrected chi connectivity index (χ1v) is 5.75. The maximum absolute atomic E-state index is 4.43.